The van der Waals surface area contributed by atoms with Crippen molar-refractivity contribution in [3.05, 3.63) is 34.3 Å². The van der Waals surface area contributed by atoms with Crippen molar-refractivity contribution in [2.24, 2.45) is 4.99 Å². The van der Waals surface area contributed by atoms with Crippen molar-refractivity contribution >= 4 is 21.9 Å². The normalized spacial score (nSPS) is 17.4. The summed E-state index contributed by atoms with van der Waals surface area (Å²) in [4.78, 5) is 11.6. The van der Waals surface area contributed by atoms with E-state index >= 15 is 0 Å². The Hall–Kier alpha value is -1.11. The van der Waals surface area contributed by atoms with Crippen molar-refractivity contribution in [1.82, 2.24) is 20.0 Å². The molecule has 1 fully saturated rings. The summed E-state index contributed by atoms with van der Waals surface area (Å²) in [7, 11) is 6.15. The molecule has 25 heavy (non-hydrogen) atoms. The van der Waals surface area contributed by atoms with Crippen LogP contribution in [0.4, 0.5) is 0 Å². The molecule has 0 saturated carbocycles. The molecule has 0 spiro atoms. The number of hydrogen-bond donors (Lipinski definition) is 1. The van der Waals surface area contributed by atoms with Gasteiger partial charge in [0.05, 0.1) is 0 Å². The Labute approximate surface area is 161 Å². The van der Waals surface area contributed by atoms with Crippen molar-refractivity contribution in [3.63, 3.8) is 0 Å². The molecular weight excluding hydrogens is 378 g/mol. The molecule has 140 valence electrons. The summed E-state index contributed by atoms with van der Waals surface area (Å²) in [6.45, 7) is 7.77. The molecule has 1 heterocycles. The maximum absolute atomic E-state index is 4.42. The van der Waals surface area contributed by atoms with Gasteiger partial charge < -0.3 is 20.0 Å². The quantitative estimate of drug-likeness (QED) is 0.444. The van der Waals surface area contributed by atoms with Gasteiger partial charge in [-0.05, 0) is 51.2 Å². The number of guanidine groups is 1. The van der Waals surface area contributed by atoms with Gasteiger partial charge in [0.15, 0.2) is 5.96 Å². The highest BCUT2D eigenvalue weighted by molar-refractivity contribution is 9.10. The molecule has 0 bridgehead atoms. The summed E-state index contributed by atoms with van der Waals surface area (Å²) < 4.78 is 1.14. The number of halogens is 1. The first-order chi connectivity index (χ1) is 12.1. The van der Waals surface area contributed by atoms with Crippen LogP contribution in [0.5, 0.6) is 0 Å². The van der Waals surface area contributed by atoms with Gasteiger partial charge in [-0.25, -0.2) is 0 Å². The van der Waals surface area contributed by atoms with Crippen LogP contribution in [0.25, 0.3) is 0 Å². The van der Waals surface area contributed by atoms with Crippen LogP contribution in [0.15, 0.2) is 33.7 Å². The zero-order valence-corrected chi connectivity index (χ0v) is 17.4. The van der Waals surface area contributed by atoms with E-state index in [0.29, 0.717) is 0 Å². The lowest BCUT2D eigenvalue weighted by Crippen LogP contribution is -2.40. The molecule has 1 N–H and O–H groups in total. The van der Waals surface area contributed by atoms with Gasteiger partial charge in [-0.15, -0.1) is 0 Å². The van der Waals surface area contributed by atoms with Crippen LogP contribution in [-0.4, -0.2) is 81.1 Å². The van der Waals surface area contributed by atoms with Crippen LogP contribution < -0.4 is 5.32 Å². The highest BCUT2D eigenvalue weighted by Gasteiger charge is 2.12. The molecule has 1 aliphatic rings. The van der Waals surface area contributed by atoms with Crippen LogP contribution >= 0.6 is 15.9 Å². The summed E-state index contributed by atoms with van der Waals surface area (Å²) in [5, 5.41) is 3.50. The van der Waals surface area contributed by atoms with E-state index in [1.54, 1.807) is 0 Å². The minimum Gasteiger partial charge on any atom is -0.356 e. The number of nitrogens with zero attached hydrogens (tertiary/aromatic N) is 4. The lowest BCUT2D eigenvalue weighted by molar-refractivity contribution is 0.273. The fourth-order valence-corrected chi connectivity index (χ4v) is 3.58. The molecule has 0 aromatic heterocycles. The number of rotatable bonds is 6. The zero-order valence-electron chi connectivity index (χ0n) is 15.8. The topological polar surface area (TPSA) is 34.1 Å². The maximum atomic E-state index is 4.42. The van der Waals surface area contributed by atoms with E-state index in [4.69, 9.17) is 0 Å². The molecule has 0 unspecified atom stereocenters. The van der Waals surface area contributed by atoms with E-state index in [2.05, 4.69) is 73.2 Å². The third-order valence-electron chi connectivity index (χ3n) is 4.69. The maximum Gasteiger partial charge on any atom is 0.193 e. The van der Waals surface area contributed by atoms with Gasteiger partial charge >= 0.3 is 0 Å². The zero-order chi connectivity index (χ0) is 18.1. The molecule has 1 aromatic rings. The molecule has 2 rings (SSSR count). The lowest BCUT2D eigenvalue weighted by atomic mass is 10.2. The monoisotopic (exact) mass is 409 g/mol. The van der Waals surface area contributed by atoms with Gasteiger partial charge in [-0.2, -0.15) is 0 Å². The van der Waals surface area contributed by atoms with Gasteiger partial charge in [-0.1, -0.05) is 34.1 Å². The number of nitrogens with one attached hydrogen (secondary N) is 1. The van der Waals surface area contributed by atoms with Crippen molar-refractivity contribution < 1.29 is 0 Å². The molecule has 1 saturated heterocycles. The van der Waals surface area contributed by atoms with Crippen molar-refractivity contribution in [3.8, 4) is 0 Å². The number of aliphatic imine (C=N–C) groups is 1. The Bertz CT molecular complexity index is 548. The van der Waals surface area contributed by atoms with E-state index in [-0.39, 0.29) is 0 Å². The molecule has 0 atom stereocenters. The van der Waals surface area contributed by atoms with Crippen LogP contribution in [0.2, 0.25) is 0 Å². The van der Waals surface area contributed by atoms with E-state index in [1.165, 1.54) is 38.2 Å². The Morgan fingerprint density at radius 3 is 2.80 bits per heavy atom. The summed E-state index contributed by atoms with van der Waals surface area (Å²) in [6.07, 6.45) is 2.42. The van der Waals surface area contributed by atoms with E-state index in [1.807, 2.05) is 13.1 Å². The number of benzene rings is 1. The molecule has 1 aliphatic heterocycles. The van der Waals surface area contributed by atoms with Crippen molar-refractivity contribution in [1.29, 1.82) is 0 Å². The van der Waals surface area contributed by atoms with E-state index < -0.39 is 0 Å². The second kappa shape index (κ2) is 10.8. The molecule has 0 amide bonds. The average molecular weight is 410 g/mol. The first kappa shape index (κ1) is 20.2. The highest BCUT2D eigenvalue weighted by Crippen LogP contribution is 2.17. The van der Waals surface area contributed by atoms with Crippen LogP contribution in [0.3, 0.4) is 0 Å². The Kier molecular flexibility index (Phi) is 8.72. The minimum absolute atomic E-state index is 0.833. The van der Waals surface area contributed by atoms with Gasteiger partial charge in [0.2, 0.25) is 0 Å². The SMILES string of the molecule is CN=C(NCCCN1CCCN(C)CC1)N(C)Cc1ccccc1Br. The van der Waals surface area contributed by atoms with Gasteiger partial charge in [0.1, 0.15) is 0 Å². The Morgan fingerprint density at radius 1 is 1.24 bits per heavy atom. The van der Waals surface area contributed by atoms with Crippen LogP contribution in [-0.2, 0) is 6.54 Å². The second-order valence-electron chi connectivity index (χ2n) is 6.77. The van der Waals surface area contributed by atoms with Gasteiger partial charge in [-0.3, -0.25) is 4.99 Å². The summed E-state index contributed by atoms with van der Waals surface area (Å²) in [5.41, 5.74) is 1.27. The Morgan fingerprint density at radius 2 is 2.04 bits per heavy atom. The highest BCUT2D eigenvalue weighted by atomic mass is 79.9. The summed E-state index contributed by atoms with van der Waals surface area (Å²) >= 11 is 3.62. The average Bonchev–Trinajstić information content (AvgIpc) is 2.81. The molecule has 6 heteroatoms. The number of hydrogen-bond acceptors (Lipinski definition) is 3. The van der Waals surface area contributed by atoms with Gasteiger partial charge in [0, 0.05) is 44.7 Å². The molecule has 0 aliphatic carbocycles. The molecule has 5 nitrogen and oxygen atoms in total. The predicted octanol–water partition coefficient (Wildman–Crippen LogP) is 2.48. The standard InChI is InChI=1S/C19H32BrN5/c1-21-19(24(3)16-17-8-4-5-9-18(17)20)22-10-6-12-25-13-7-11-23(2)14-15-25/h4-5,8-9H,6-7,10-16H2,1-3H3,(H,21,22). The predicted molar refractivity (Wildman–Crippen MR) is 110 cm³/mol. The van der Waals surface area contributed by atoms with Crippen molar-refractivity contribution in [2.45, 2.75) is 19.4 Å². The van der Waals surface area contributed by atoms with Crippen LogP contribution in [0, 0.1) is 0 Å². The second-order valence-corrected chi connectivity index (χ2v) is 7.63. The smallest absolute Gasteiger partial charge is 0.193 e. The third kappa shape index (κ3) is 6.96. The summed E-state index contributed by atoms with van der Waals surface area (Å²) in [5.74, 6) is 0.950. The molecule has 0 radical (unpaired) electrons. The minimum atomic E-state index is 0.833. The van der Waals surface area contributed by atoms with Crippen molar-refractivity contribution in [2.75, 3.05) is 60.4 Å². The summed E-state index contributed by atoms with van der Waals surface area (Å²) in [6, 6.07) is 8.34. The van der Waals surface area contributed by atoms with E-state index in [9.17, 15) is 0 Å². The first-order valence-electron chi connectivity index (χ1n) is 9.16. The first-order valence-corrected chi connectivity index (χ1v) is 9.95. The van der Waals surface area contributed by atoms with Gasteiger partial charge in [0.25, 0.3) is 0 Å². The fourth-order valence-electron chi connectivity index (χ4n) is 3.17. The number of likely N-dealkylation sites (N-methyl/N-ethyl adjacent to an activating group) is 1. The lowest BCUT2D eigenvalue weighted by Gasteiger charge is -2.24. The van der Waals surface area contributed by atoms with Crippen LogP contribution in [0.1, 0.15) is 18.4 Å². The largest absolute Gasteiger partial charge is 0.356 e. The Balaban J connectivity index is 1.72. The third-order valence-corrected chi connectivity index (χ3v) is 5.46. The molecule has 1 aromatic carbocycles. The van der Waals surface area contributed by atoms with E-state index in [0.717, 1.165) is 36.5 Å². The molecular formula is C19H32BrN5. The fraction of sp³-hybridized carbons (Fsp3) is 0.632.